The molecule has 0 aromatic heterocycles. The zero-order chi connectivity index (χ0) is 15.1. The summed E-state index contributed by atoms with van der Waals surface area (Å²) in [5, 5.41) is 17.4. The Morgan fingerprint density at radius 1 is 1.26 bits per heavy atom. The van der Waals surface area contributed by atoms with E-state index >= 15 is 0 Å². The van der Waals surface area contributed by atoms with Gasteiger partial charge in [-0.3, -0.25) is 4.79 Å². The van der Waals surface area contributed by atoms with Gasteiger partial charge in [0.05, 0.1) is 6.42 Å². The number of carboxylic acids is 2. The third-order valence-electron chi connectivity index (χ3n) is 4.05. The monoisotopic (exact) mass is 274 g/mol. The quantitative estimate of drug-likeness (QED) is 0.598. The van der Waals surface area contributed by atoms with E-state index in [0.717, 1.165) is 19.3 Å². The van der Waals surface area contributed by atoms with Gasteiger partial charge in [0.1, 0.15) is 0 Å². The van der Waals surface area contributed by atoms with Crippen molar-refractivity contribution in [2.75, 3.05) is 6.61 Å². The largest absolute Gasteiger partial charge is 0.481 e. The van der Waals surface area contributed by atoms with Crippen LogP contribution < -0.4 is 0 Å². The number of ether oxygens (including phenoxy) is 1. The van der Waals surface area contributed by atoms with Crippen molar-refractivity contribution in [2.45, 2.75) is 59.5 Å². The van der Waals surface area contributed by atoms with Gasteiger partial charge >= 0.3 is 11.9 Å². The first-order chi connectivity index (χ1) is 8.73. The predicted molar refractivity (Wildman–Crippen MR) is 72.1 cm³/mol. The highest BCUT2D eigenvalue weighted by molar-refractivity contribution is 5.79. The van der Waals surface area contributed by atoms with E-state index in [0.29, 0.717) is 5.92 Å². The maximum atomic E-state index is 10.8. The van der Waals surface area contributed by atoms with Gasteiger partial charge in [-0.25, -0.2) is 4.79 Å². The molecule has 0 aliphatic rings. The fourth-order valence-corrected chi connectivity index (χ4v) is 1.95. The molecule has 0 aliphatic carbocycles. The average molecular weight is 274 g/mol. The summed E-state index contributed by atoms with van der Waals surface area (Å²) in [5.41, 5.74) is 0.217. The van der Waals surface area contributed by atoms with Gasteiger partial charge in [-0.1, -0.05) is 34.1 Å². The molecule has 0 saturated heterocycles. The van der Waals surface area contributed by atoms with Crippen LogP contribution in [0.3, 0.4) is 0 Å². The summed E-state index contributed by atoms with van der Waals surface area (Å²) in [4.78, 5) is 21.3. The van der Waals surface area contributed by atoms with E-state index in [2.05, 4.69) is 27.7 Å². The first-order valence-corrected chi connectivity index (χ1v) is 6.79. The van der Waals surface area contributed by atoms with Crippen LogP contribution in [0.1, 0.15) is 53.4 Å². The molecule has 0 heterocycles. The molecular formula is C14H26O5. The maximum Gasteiger partial charge on any atom is 0.333 e. The van der Waals surface area contributed by atoms with E-state index in [9.17, 15) is 9.59 Å². The molecule has 0 radical (unpaired) electrons. The third kappa shape index (κ3) is 6.57. The van der Waals surface area contributed by atoms with Gasteiger partial charge in [0.15, 0.2) is 6.10 Å². The molecule has 0 aromatic rings. The van der Waals surface area contributed by atoms with E-state index in [1.165, 1.54) is 0 Å². The summed E-state index contributed by atoms with van der Waals surface area (Å²) >= 11 is 0. The Morgan fingerprint density at radius 3 is 2.21 bits per heavy atom. The summed E-state index contributed by atoms with van der Waals surface area (Å²) in [6, 6.07) is 0. The molecule has 0 fully saturated rings. The maximum absolute atomic E-state index is 10.8. The molecule has 112 valence electrons. The minimum atomic E-state index is -1.25. The Morgan fingerprint density at radius 2 is 1.84 bits per heavy atom. The van der Waals surface area contributed by atoms with Gasteiger partial charge in [0, 0.05) is 6.61 Å². The van der Waals surface area contributed by atoms with Crippen molar-refractivity contribution in [1.82, 2.24) is 0 Å². The van der Waals surface area contributed by atoms with Crippen LogP contribution in [0, 0.1) is 11.3 Å². The van der Waals surface area contributed by atoms with E-state index in [1.807, 2.05) is 0 Å². The highest BCUT2D eigenvalue weighted by Gasteiger charge is 2.26. The Kier molecular flexibility index (Phi) is 7.68. The molecular weight excluding hydrogens is 248 g/mol. The fraction of sp³-hybridized carbons (Fsp3) is 0.857. The van der Waals surface area contributed by atoms with Crippen molar-refractivity contribution in [3.8, 4) is 0 Å². The van der Waals surface area contributed by atoms with Crippen molar-refractivity contribution in [1.29, 1.82) is 0 Å². The Labute approximate surface area is 115 Å². The van der Waals surface area contributed by atoms with Gasteiger partial charge in [-0.15, -0.1) is 0 Å². The number of carboxylic acid groups (broad SMARTS) is 2. The second-order valence-electron chi connectivity index (χ2n) is 5.56. The molecule has 0 aromatic carbocycles. The fourth-order valence-electron chi connectivity index (χ4n) is 1.95. The summed E-state index contributed by atoms with van der Waals surface area (Å²) in [6.45, 7) is 8.99. The van der Waals surface area contributed by atoms with Crippen LogP contribution in [-0.2, 0) is 14.3 Å². The number of rotatable bonds is 10. The van der Waals surface area contributed by atoms with Crippen molar-refractivity contribution in [2.24, 2.45) is 11.3 Å². The van der Waals surface area contributed by atoms with Gasteiger partial charge in [-0.05, 0) is 24.2 Å². The van der Waals surface area contributed by atoms with Crippen molar-refractivity contribution < 1.29 is 24.5 Å². The number of hydrogen-bond acceptors (Lipinski definition) is 3. The van der Waals surface area contributed by atoms with Crippen LogP contribution in [0.5, 0.6) is 0 Å². The molecule has 19 heavy (non-hydrogen) atoms. The molecule has 5 nitrogen and oxygen atoms in total. The lowest BCUT2D eigenvalue weighted by Crippen LogP contribution is -2.28. The van der Waals surface area contributed by atoms with Gasteiger partial charge in [-0.2, -0.15) is 0 Å². The summed E-state index contributed by atoms with van der Waals surface area (Å²) in [7, 11) is 0. The van der Waals surface area contributed by atoms with E-state index < -0.39 is 24.5 Å². The highest BCUT2D eigenvalue weighted by atomic mass is 16.5. The zero-order valence-electron chi connectivity index (χ0n) is 12.3. The van der Waals surface area contributed by atoms with Crippen LogP contribution in [0.2, 0.25) is 0 Å². The van der Waals surface area contributed by atoms with Crippen LogP contribution in [-0.4, -0.2) is 34.9 Å². The first kappa shape index (κ1) is 17.9. The molecule has 0 aliphatic heterocycles. The Hall–Kier alpha value is -1.10. The molecule has 2 atom stereocenters. The van der Waals surface area contributed by atoms with Crippen molar-refractivity contribution in [3.05, 3.63) is 0 Å². The lowest BCUT2D eigenvalue weighted by atomic mass is 9.73. The molecule has 0 spiro atoms. The first-order valence-electron chi connectivity index (χ1n) is 6.79. The lowest BCUT2D eigenvalue weighted by molar-refractivity contribution is -0.157. The smallest absolute Gasteiger partial charge is 0.333 e. The van der Waals surface area contributed by atoms with Crippen LogP contribution in [0.25, 0.3) is 0 Å². The van der Waals surface area contributed by atoms with Crippen LogP contribution >= 0.6 is 0 Å². The zero-order valence-corrected chi connectivity index (χ0v) is 12.3. The molecule has 2 unspecified atom stereocenters. The average Bonchev–Trinajstić information content (AvgIpc) is 2.31. The van der Waals surface area contributed by atoms with E-state index in [1.54, 1.807) is 0 Å². The minimum Gasteiger partial charge on any atom is -0.481 e. The molecule has 5 heteroatoms. The highest BCUT2D eigenvalue weighted by Crippen LogP contribution is 2.35. The molecule has 2 N–H and O–H groups in total. The number of carbonyl (C=O) groups is 2. The van der Waals surface area contributed by atoms with Gasteiger partial charge < -0.3 is 14.9 Å². The number of hydrogen-bond donors (Lipinski definition) is 2. The minimum absolute atomic E-state index is 0.217. The van der Waals surface area contributed by atoms with Crippen molar-refractivity contribution in [3.63, 3.8) is 0 Å². The van der Waals surface area contributed by atoms with Crippen LogP contribution in [0.15, 0.2) is 0 Å². The van der Waals surface area contributed by atoms with E-state index in [-0.39, 0.29) is 12.0 Å². The Bertz CT molecular complexity index is 300. The second-order valence-corrected chi connectivity index (χ2v) is 5.56. The number of aliphatic carboxylic acids is 2. The predicted octanol–water partition coefficient (Wildman–Crippen LogP) is 2.78. The normalized spacial score (nSPS) is 16.1. The van der Waals surface area contributed by atoms with Gasteiger partial charge in [0.25, 0.3) is 0 Å². The topological polar surface area (TPSA) is 83.8 Å². The molecule has 0 bridgehead atoms. The molecule has 0 rings (SSSR count). The summed E-state index contributed by atoms with van der Waals surface area (Å²) < 4.78 is 5.15. The van der Waals surface area contributed by atoms with E-state index in [4.69, 9.17) is 14.9 Å². The molecule has 0 saturated carbocycles. The molecule has 0 amide bonds. The van der Waals surface area contributed by atoms with Crippen LogP contribution in [0.4, 0.5) is 0 Å². The van der Waals surface area contributed by atoms with Crippen molar-refractivity contribution >= 4 is 11.9 Å². The second kappa shape index (κ2) is 8.15. The summed E-state index contributed by atoms with van der Waals surface area (Å²) in [5.74, 6) is -1.83. The SMILES string of the molecule is CCC(C)(CCCOC(CC(=O)O)C(=O)O)C(C)C. The standard InChI is InChI=1S/C14H26O5/c1-5-14(4,10(2)3)7-6-8-19-11(13(17)18)9-12(15)16/h10-11H,5-9H2,1-4H3,(H,15,16)(H,17,18). The lowest BCUT2D eigenvalue weighted by Gasteiger charge is -2.32. The Balaban J connectivity index is 4.13. The third-order valence-corrected chi connectivity index (χ3v) is 4.05. The van der Waals surface area contributed by atoms with Gasteiger partial charge in [0.2, 0.25) is 0 Å². The summed E-state index contributed by atoms with van der Waals surface area (Å²) in [6.07, 6.45) is 1.00.